The Labute approximate surface area is 359 Å². The van der Waals surface area contributed by atoms with E-state index in [1.165, 1.54) is 0 Å². The van der Waals surface area contributed by atoms with Gasteiger partial charge in [0, 0.05) is 95.2 Å². The van der Waals surface area contributed by atoms with Crippen molar-refractivity contribution in [1.29, 1.82) is 0 Å². The fraction of sp³-hybridized carbons (Fsp3) is 0.636. The molecule has 2 unspecified atom stereocenters. The molecular weight excluding hydrogens is 787 g/mol. The smallest absolute Gasteiger partial charge is 0.320 e. The van der Waals surface area contributed by atoms with Gasteiger partial charge in [0.2, 0.25) is 11.8 Å². The number of hydrogen-bond acceptors (Lipinski definition) is 11. The van der Waals surface area contributed by atoms with Crippen LogP contribution in [-0.2, 0) is 52.9 Å². The van der Waals surface area contributed by atoms with Gasteiger partial charge >= 0.3 is 17.9 Å². The van der Waals surface area contributed by atoms with E-state index < -0.39 is 35.9 Å². The molecule has 0 spiro atoms. The Hall–Kier alpha value is -5.00. The van der Waals surface area contributed by atoms with Crippen molar-refractivity contribution < 1.29 is 48.9 Å². The maximum absolute atomic E-state index is 13.7. The summed E-state index contributed by atoms with van der Waals surface area (Å²) in [5.74, 6) is -4.81. The maximum Gasteiger partial charge on any atom is 0.320 e. The van der Waals surface area contributed by atoms with Gasteiger partial charge in [-0.2, -0.15) is 0 Å². The van der Waals surface area contributed by atoms with Crippen LogP contribution in [0.4, 0.5) is 0 Å². The van der Waals surface area contributed by atoms with E-state index >= 15 is 0 Å². The van der Waals surface area contributed by atoms with E-state index in [4.69, 9.17) is 0 Å². The summed E-state index contributed by atoms with van der Waals surface area (Å²) in [6.07, 6.45) is 5.61. The summed E-state index contributed by atoms with van der Waals surface area (Å²) < 4.78 is 0. The summed E-state index contributed by atoms with van der Waals surface area (Å²) in [5.41, 5.74) is 2.57. The van der Waals surface area contributed by atoms with Gasteiger partial charge in [-0.15, -0.1) is 0 Å². The summed E-state index contributed by atoms with van der Waals surface area (Å²) in [5, 5.41) is 34.7. The van der Waals surface area contributed by atoms with Crippen LogP contribution in [0.2, 0.25) is 0 Å². The lowest BCUT2D eigenvalue weighted by Crippen LogP contribution is -2.48. The highest BCUT2D eigenvalue weighted by molar-refractivity contribution is 5.93. The first-order valence-corrected chi connectivity index (χ1v) is 21.5. The van der Waals surface area contributed by atoms with Crippen LogP contribution in [0.25, 0.3) is 0 Å². The van der Waals surface area contributed by atoms with E-state index in [0.29, 0.717) is 38.8 Å². The van der Waals surface area contributed by atoms with Gasteiger partial charge in [-0.25, -0.2) is 4.98 Å². The molecular formula is C44H67N7O10. The van der Waals surface area contributed by atoms with Crippen LogP contribution in [0.5, 0.6) is 0 Å². The number of benzene rings is 1. The predicted octanol–water partition coefficient (Wildman–Crippen LogP) is 2.88. The first kappa shape index (κ1) is 50.4. The van der Waals surface area contributed by atoms with Gasteiger partial charge in [0.15, 0.2) is 5.78 Å². The Morgan fingerprint density at radius 1 is 0.803 bits per heavy atom. The Balaban J connectivity index is 1.53. The topological polar surface area (TPSA) is 243 Å². The van der Waals surface area contributed by atoms with Crippen LogP contribution < -0.4 is 10.6 Å². The molecule has 2 heterocycles. The fourth-order valence-corrected chi connectivity index (χ4v) is 7.61. The van der Waals surface area contributed by atoms with Crippen molar-refractivity contribution in [2.24, 2.45) is 23.7 Å². The lowest BCUT2D eigenvalue weighted by Gasteiger charge is -2.30. The number of rotatable bonds is 26. The van der Waals surface area contributed by atoms with Crippen LogP contribution in [0.15, 0.2) is 36.8 Å². The molecule has 6 N–H and O–H groups in total. The van der Waals surface area contributed by atoms with Gasteiger partial charge < -0.3 is 30.9 Å². The van der Waals surface area contributed by atoms with E-state index in [0.717, 1.165) is 16.8 Å². The third-order valence-corrected chi connectivity index (χ3v) is 11.4. The Morgan fingerprint density at radius 3 is 1.92 bits per heavy atom. The lowest BCUT2D eigenvalue weighted by atomic mass is 9.86. The van der Waals surface area contributed by atoms with Crippen molar-refractivity contribution in [3.63, 3.8) is 0 Å². The number of imidazole rings is 1. The number of Topliss-reactive ketones (excluding diaryl/α,β-unsaturated/α-hetero) is 2. The number of ketones is 2. The first-order valence-electron chi connectivity index (χ1n) is 21.5. The molecule has 338 valence electrons. The number of aryl methyl sites for hydroxylation is 1. The minimum atomic E-state index is -1.10. The molecule has 0 aliphatic carbocycles. The molecule has 61 heavy (non-hydrogen) atoms. The molecule has 1 aromatic heterocycles. The van der Waals surface area contributed by atoms with E-state index in [9.17, 15) is 48.9 Å². The maximum atomic E-state index is 13.7. The third kappa shape index (κ3) is 18.3. The normalized spacial score (nSPS) is 16.9. The number of aliphatic carboxylic acids is 3. The molecule has 1 fully saturated rings. The standard InChI is InChI=1S/C44H67N7O10/c1-6-30(4)41(48-42(58)31(5)22-35-25-45-28-47-35)38(53)23-34(21-29(2)3)43(59)46-24-33-9-7-32(8-10-33)11-12-36(52)13-14-37(44(60)61)51-19-17-49(26-39(54)55)15-16-50(18-20-51)27-40(56)57/h7-10,25,28-31,34,37,41H,6,11-24,26-27H2,1-5H3,(H,45,47)(H,46,59)(H,48,58)(H,54,55)(H,56,57)(H,60,61)/t30?,31-,34+,37?,41-/m0/s1. The number of H-pyrrole nitrogens is 1. The zero-order valence-corrected chi connectivity index (χ0v) is 36.4. The highest BCUT2D eigenvalue weighted by atomic mass is 16.4. The average Bonchev–Trinajstić information content (AvgIpc) is 3.74. The van der Waals surface area contributed by atoms with Gasteiger partial charge in [0.25, 0.3) is 0 Å². The Morgan fingerprint density at radius 2 is 1.39 bits per heavy atom. The minimum absolute atomic E-state index is 0.00321. The first-order chi connectivity index (χ1) is 28.9. The predicted molar refractivity (Wildman–Crippen MR) is 227 cm³/mol. The Bertz CT molecular complexity index is 1710. The van der Waals surface area contributed by atoms with Gasteiger partial charge in [-0.3, -0.25) is 48.3 Å². The molecule has 5 atom stereocenters. The van der Waals surface area contributed by atoms with Crippen molar-refractivity contribution in [2.45, 2.75) is 105 Å². The summed E-state index contributed by atoms with van der Waals surface area (Å²) in [6, 6.07) is 5.79. The van der Waals surface area contributed by atoms with Gasteiger partial charge in [-0.05, 0) is 42.2 Å². The summed E-state index contributed by atoms with van der Waals surface area (Å²) in [6.45, 7) is 11.2. The zero-order valence-electron chi connectivity index (χ0n) is 36.4. The lowest BCUT2D eigenvalue weighted by molar-refractivity contribution is -0.144. The fourth-order valence-electron chi connectivity index (χ4n) is 7.61. The second-order valence-corrected chi connectivity index (χ2v) is 16.9. The van der Waals surface area contributed by atoms with Crippen LogP contribution in [-0.4, -0.2) is 146 Å². The second kappa shape index (κ2) is 25.7. The van der Waals surface area contributed by atoms with Crippen LogP contribution in [0, 0.1) is 23.7 Å². The SMILES string of the molecule is CCC(C)[C@H](NC(=O)[C@@H](C)Cc1cnc[nH]1)C(=O)C[C@@H](CC(C)C)C(=O)NCc1ccc(CCC(=O)CCC(C(=O)O)N2CCN(CC(=O)O)CCN(CC(=O)O)CC2)cc1. The van der Waals surface area contributed by atoms with E-state index in [2.05, 4.69) is 20.6 Å². The molecule has 2 amide bonds. The Kier molecular flexibility index (Phi) is 21.2. The number of aromatic amines is 1. The quantitative estimate of drug-likeness (QED) is 0.0798. The van der Waals surface area contributed by atoms with Crippen LogP contribution >= 0.6 is 0 Å². The van der Waals surface area contributed by atoms with Crippen molar-refractivity contribution in [3.05, 3.63) is 53.6 Å². The highest BCUT2D eigenvalue weighted by Crippen LogP contribution is 2.21. The average molecular weight is 854 g/mol. The number of carboxylic acid groups (broad SMARTS) is 3. The molecule has 1 aromatic carbocycles. The zero-order chi connectivity index (χ0) is 45.1. The van der Waals surface area contributed by atoms with Crippen LogP contribution in [0.3, 0.4) is 0 Å². The molecule has 0 bridgehead atoms. The van der Waals surface area contributed by atoms with E-state index in [1.807, 2.05) is 52.0 Å². The number of nitrogens with zero attached hydrogens (tertiary/aromatic N) is 4. The number of nitrogens with one attached hydrogen (secondary N) is 3. The van der Waals surface area contributed by atoms with Crippen molar-refractivity contribution in [3.8, 4) is 0 Å². The molecule has 2 aromatic rings. The van der Waals surface area contributed by atoms with Crippen molar-refractivity contribution >= 4 is 41.3 Å². The second-order valence-electron chi connectivity index (χ2n) is 16.9. The molecule has 17 heteroatoms. The third-order valence-electron chi connectivity index (χ3n) is 11.4. The molecule has 17 nitrogen and oxygen atoms in total. The minimum Gasteiger partial charge on any atom is -0.480 e. The molecule has 1 saturated heterocycles. The summed E-state index contributed by atoms with van der Waals surface area (Å²) in [4.78, 5) is 101. The number of amides is 2. The van der Waals surface area contributed by atoms with Gasteiger partial charge in [0.05, 0.1) is 25.5 Å². The van der Waals surface area contributed by atoms with E-state index in [1.54, 1.807) is 34.1 Å². The number of carbonyl (C=O) groups excluding carboxylic acids is 4. The number of aromatic nitrogens is 2. The van der Waals surface area contributed by atoms with Crippen LogP contribution in [0.1, 0.15) is 90.0 Å². The summed E-state index contributed by atoms with van der Waals surface area (Å²) in [7, 11) is 0. The highest BCUT2D eigenvalue weighted by Gasteiger charge is 2.32. The number of carbonyl (C=O) groups is 7. The van der Waals surface area contributed by atoms with Gasteiger partial charge in [0.1, 0.15) is 11.8 Å². The number of carboxylic acids is 3. The summed E-state index contributed by atoms with van der Waals surface area (Å²) >= 11 is 0. The molecule has 0 radical (unpaired) electrons. The molecule has 3 rings (SSSR count). The largest absolute Gasteiger partial charge is 0.480 e. The molecule has 0 saturated carbocycles. The molecule has 1 aliphatic heterocycles. The van der Waals surface area contributed by atoms with E-state index in [-0.39, 0.29) is 113 Å². The van der Waals surface area contributed by atoms with Crippen molar-refractivity contribution in [2.75, 3.05) is 52.4 Å². The monoisotopic (exact) mass is 853 g/mol. The van der Waals surface area contributed by atoms with Gasteiger partial charge in [-0.1, -0.05) is 65.3 Å². The number of hydrogen-bond donors (Lipinski definition) is 6. The van der Waals surface area contributed by atoms with Crippen molar-refractivity contribution in [1.82, 2.24) is 35.3 Å². The molecule has 1 aliphatic rings.